The van der Waals surface area contributed by atoms with Gasteiger partial charge in [-0.25, -0.2) is 4.68 Å². The maximum absolute atomic E-state index is 12.7. The lowest BCUT2D eigenvalue weighted by atomic mass is 10.0. The van der Waals surface area contributed by atoms with E-state index in [-0.39, 0.29) is 18.2 Å². The molecule has 1 aliphatic heterocycles. The fraction of sp³-hybridized carbons (Fsp3) is 0.227. The minimum atomic E-state index is -0.717. The molecule has 1 atom stereocenters. The number of nitrogens with one attached hydrogen (secondary N) is 2. The third-order valence-corrected chi connectivity index (χ3v) is 5.63. The van der Waals surface area contributed by atoms with Crippen LogP contribution in [0.3, 0.4) is 0 Å². The lowest BCUT2D eigenvalue weighted by Crippen LogP contribution is -2.24. The van der Waals surface area contributed by atoms with Crippen LogP contribution >= 0.6 is 23.2 Å². The minimum absolute atomic E-state index is 0.0321. The Morgan fingerprint density at radius 2 is 1.87 bits per heavy atom. The Morgan fingerprint density at radius 3 is 2.57 bits per heavy atom. The highest BCUT2D eigenvalue weighted by Gasteiger charge is 2.36. The zero-order valence-corrected chi connectivity index (χ0v) is 18.0. The number of hydrogen-bond donors (Lipinski definition) is 2. The number of fused-ring (bicyclic) bond motifs is 1. The lowest BCUT2D eigenvalue weighted by Gasteiger charge is -2.12. The maximum atomic E-state index is 12.7. The number of anilines is 2. The van der Waals surface area contributed by atoms with Crippen LogP contribution in [-0.4, -0.2) is 21.6 Å². The SMILES string of the molecule is CCc1nn2c(c1-c1ccc(Cl)cc1)NC(=O)C2CC(=O)Nc1cc(Cl)ccc1C. The summed E-state index contributed by atoms with van der Waals surface area (Å²) < 4.78 is 1.62. The van der Waals surface area contributed by atoms with Crippen molar-refractivity contribution in [2.45, 2.75) is 32.7 Å². The van der Waals surface area contributed by atoms with E-state index in [4.69, 9.17) is 23.2 Å². The number of carbonyl (C=O) groups is 2. The molecule has 1 aromatic heterocycles. The van der Waals surface area contributed by atoms with Crippen molar-refractivity contribution < 1.29 is 9.59 Å². The number of rotatable bonds is 5. The molecule has 1 aliphatic rings. The molecule has 0 fully saturated rings. The van der Waals surface area contributed by atoms with Crippen molar-refractivity contribution in [3.63, 3.8) is 0 Å². The third-order valence-electron chi connectivity index (χ3n) is 5.14. The molecular formula is C22H20Cl2N4O2. The second kappa shape index (κ2) is 8.13. The quantitative estimate of drug-likeness (QED) is 0.566. The first-order chi connectivity index (χ1) is 14.4. The number of amides is 2. The zero-order chi connectivity index (χ0) is 21.4. The molecule has 1 unspecified atom stereocenters. The number of hydrogen-bond acceptors (Lipinski definition) is 3. The lowest BCUT2D eigenvalue weighted by molar-refractivity contribution is -0.123. The van der Waals surface area contributed by atoms with E-state index >= 15 is 0 Å². The van der Waals surface area contributed by atoms with Crippen LogP contribution in [0.15, 0.2) is 42.5 Å². The standard InChI is InChI=1S/C22H20Cl2N4O2/c1-3-16-20(13-5-8-14(23)9-6-13)21-26-22(30)18(28(21)27-16)11-19(29)25-17-10-15(24)7-4-12(17)2/h4-10,18H,3,11H2,1-2H3,(H,25,29)(H,26,30). The van der Waals surface area contributed by atoms with Gasteiger partial charge < -0.3 is 10.6 Å². The maximum Gasteiger partial charge on any atom is 0.251 e. The second-order valence-electron chi connectivity index (χ2n) is 7.19. The molecule has 4 rings (SSSR count). The summed E-state index contributed by atoms with van der Waals surface area (Å²) in [6.45, 7) is 3.88. The van der Waals surface area contributed by atoms with Gasteiger partial charge in [-0.3, -0.25) is 9.59 Å². The Labute approximate surface area is 184 Å². The molecule has 0 saturated heterocycles. The van der Waals surface area contributed by atoms with E-state index in [0.29, 0.717) is 28.0 Å². The van der Waals surface area contributed by atoms with Crippen molar-refractivity contribution in [1.82, 2.24) is 9.78 Å². The molecule has 0 bridgehead atoms. The summed E-state index contributed by atoms with van der Waals surface area (Å²) in [5, 5.41) is 11.5. The summed E-state index contributed by atoms with van der Waals surface area (Å²) >= 11 is 12.0. The molecule has 2 amide bonds. The molecule has 2 aromatic carbocycles. The van der Waals surface area contributed by atoms with Gasteiger partial charge in [-0.05, 0) is 48.7 Å². The molecular weight excluding hydrogens is 423 g/mol. The highest BCUT2D eigenvalue weighted by molar-refractivity contribution is 6.31. The summed E-state index contributed by atoms with van der Waals surface area (Å²) in [5.41, 5.74) is 4.14. The Morgan fingerprint density at radius 1 is 1.17 bits per heavy atom. The molecule has 8 heteroatoms. The Balaban J connectivity index is 1.62. The van der Waals surface area contributed by atoms with E-state index in [0.717, 1.165) is 22.4 Å². The van der Waals surface area contributed by atoms with Gasteiger partial charge in [-0.2, -0.15) is 5.10 Å². The van der Waals surface area contributed by atoms with Gasteiger partial charge in [-0.1, -0.05) is 48.3 Å². The minimum Gasteiger partial charge on any atom is -0.326 e. The van der Waals surface area contributed by atoms with Crippen molar-refractivity contribution in [3.8, 4) is 11.1 Å². The van der Waals surface area contributed by atoms with Crippen LogP contribution in [0.1, 0.15) is 30.6 Å². The van der Waals surface area contributed by atoms with Crippen molar-refractivity contribution in [1.29, 1.82) is 0 Å². The predicted octanol–water partition coefficient (Wildman–Crippen LogP) is 5.25. The number of nitrogens with zero attached hydrogens (tertiary/aromatic N) is 2. The van der Waals surface area contributed by atoms with Crippen molar-refractivity contribution in [3.05, 3.63) is 63.8 Å². The molecule has 0 radical (unpaired) electrons. The van der Waals surface area contributed by atoms with Crippen molar-refractivity contribution >= 4 is 46.5 Å². The van der Waals surface area contributed by atoms with Gasteiger partial charge in [-0.15, -0.1) is 0 Å². The van der Waals surface area contributed by atoms with E-state index in [1.54, 1.807) is 28.9 Å². The van der Waals surface area contributed by atoms with Crippen LogP contribution in [-0.2, 0) is 16.0 Å². The van der Waals surface area contributed by atoms with Crippen LogP contribution in [0.2, 0.25) is 10.0 Å². The van der Waals surface area contributed by atoms with Crippen molar-refractivity contribution in [2.75, 3.05) is 10.6 Å². The van der Waals surface area contributed by atoms with Gasteiger partial charge >= 0.3 is 0 Å². The molecule has 30 heavy (non-hydrogen) atoms. The highest BCUT2D eigenvalue weighted by Crippen LogP contribution is 2.39. The summed E-state index contributed by atoms with van der Waals surface area (Å²) in [7, 11) is 0. The first kappa shape index (κ1) is 20.4. The van der Waals surface area contributed by atoms with E-state index in [2.05, 4.69) is 15.7 Å². The summed E-state index contributed by atoms with van der Waals surface area (Å²) in [6, 6.07) is 12.0. The van der Waals surface area contributed by atoms with Gasteiger partial charge in [0.05, 0.1) is 12.1 Å². The Hall–Kier alpha value is -2.83. The van der Waals surface area contributed by atoms with Crippen LogP contribution < -0.4 is 10.6 Å². The number of halogens is 2. The molecule has 0 spiro atoms. The highest BCUT2D eigenvalue weighted by atomic mass is 35.5. The van der Waals surface area contributed by atoms with Crippen LogP contribution in [0.25, 0.3) is 11.1 Å². The average molecular weight is 443 g/mol. The number of carbonyl (C=O) groups excluding carboxylic acids is 2. The molecule has 0 saturated carbocycles. The monoisotopic (exact) mass is 442 g/mol. The normalized spacial score (nSPS) is 15.1. The summed E-state index contributed by atoms with van der Waals surface area (Å²) in [4.78, 5) is 25.3. The molecule has 6 nitrogen and oxygen atoms in total. The van der Waals surface area contributed by atoms with Gasteiger partial charge in [0.2, 0.25) is 5.91 Å². The fourth-order valence-corrected chi connectivity index (χ4v) is 3.89. The first-order valence-corrected chi connectivity index (χ1v) is 10.4. The zero-order valence-electron chi connectivity index (χ0n) is 16.5. The van der Waals surface area contributed by atoms with Crippen molar-refractivity contribution in [2.24, 2.45) is 0 Å². The van der Waals surface area contributed by atoms with E-state index in [1.165, 1.54) is 0 Å². The molecule has 0 aliphatic carbocycles. The molecule has 2 N–H and O–H groups in total. The molecule has 3 aromatic rings. The van der Waals surface area contributed by atoms with Gasteiger partial charge in [0.1, 0.15) is 11.9 Å². The van der Waals surface area contributed by atoms with E-state index in [1.807, 2.05) is 32.0 Å². The smallest absolute Gasteiger partial charge is 0.251 e. The summed E-state index contributed by atoms with van der Waals surface area (Å²) in [6.07, 6.45) is 0.657. The first-order valence-electron chi connectivity index (χ1n) is 9.61. The predicted molar refractivity (Wildman–Crippen MR) is 119 cm³/mol. The number of aromatic nitrogens is 2. The topological polar surface area (TPSA) is 76.0 Å². The van der Waals surface area contributed by atoms with Gasteiger partial charge in [0.25, 0.3) is 5.91 Å². The molecule has 2 heterocycles. The van der Waals surface area contributed by atoms with Crippen LogP contribution in [0, 0.1) is 6.92 Å². The van der Waals surface area contributed by atoms with Gasteiger partial charge in [0.15, 0.2) is 0 Å². The Bertz CT molecular complexity index is 1140. The third kappa shape index (κ3) is 3.80. The fourth-order valence-electron chi connectivity index (χ4n) is 3.59. The average Bonchev–Trinajstić information content (AvgIpc) is 3.21. The second-order valence-corrected chi connectivity index (χ2v) is 8.06. The Kier molecular flexibility index (Phi) is 5.54. The molecule has 154 valence electrons. The van der Waals surface area contributed by atoms with E-state index in [9.17, 15) is 9.59 Å². The van der Waals surface area contributed by atoms with Crippen LogP contribution in [0.4, 0.5) is 11.5 Å². The van der Waals surface area contributed by atoms with Crippen LogP contribution in [0.5, 0.6) is 0 Å². The number of aryl methyl sites for hydroxylation is 2. The largest absolute Gasteiger partial charge is 0.326 e. The summed E-state index contributed by atoms with van der Waals surface area (Å²) in [5.74, 6) is 0.0687. The number of benzene rings is 2. The van der Waals surface area contributed by atoms with E-state index < -0.39 is 6.04 Å². The van der Waals surface area contributed by atoms with Gasteiger partial charge in [0, 0.05) is 21.3 Å².